The molecule has 0 radical (unpaired) electrons. The molecule has 1 aromatic carbocycles. The van der Waals surface area contributed by atoms with Crippen molar-refractivity contribution in [2.24, 2.45) is 5.41 Å². The molecule has 7 heteroatoms. The Balaban J connectivity index is 1.54. The predicted molar refractivity (Wildman–Crippen MR) is 119 cm³/mol. The molecule has 0 atom stereocenters. The highest BCUT2D eigenvalue weighted by molar-refractivity contribution is 7.71. The van der Waals surface area contributed by atoms with Crippen LogP contribution < -0.4 is 0 Å². The van der Waals surface area contributed by atoms with Crippen LogP contribution >= 0.6 is 12.2 Å². The van der Waals surface area contributed by atoms with E-state index in [1.165, 1.54) is 12.0 Å². The molecule has 0 saturated carbocycles. The van der Waals surface area contributed by atoms with Gasteiger partial charge in [0, 0.05) is 44.7 Å². The summed E-state index contributed by atoms with van der Waals surface area (Å²) in [5.41, 5.74) is 2.56. The molecule has 0 aliphatic carbocycles. The van der Waals surface area contributed by atoms with Crippen LogP contribution in [0.1, 0.15) is 39.2 Å². The second-order valence-electron chi connectivity index (χ2n) is 9.15. The van der Waals surface area contributed by atoms with Gasteiger partial charge < -0.3 is 4.90 Å². The van der Waals surface area contributed by atoms with Gasteiger partial charge in [0.1, 0.15) is 0 Å². The summed E-state index contributed by atoms with van der Waals surface area (Å²) < 4.78 is 2.48. The SMILES string of the molecule is Cc1ccc(-c2n[nH]c(=S)n2CCC(=O)N2CCN(CCC(C)(C)C)CC2)cc1. The van der Waals surface area contributed by atoms with Gasteiger partial charge >= 0.3 is 0 Å². The molecule has 6 nitrogen and oxygen atoms in total. The highest BCUT2D eigenvalue weighted by Gasteiger charge is 2.22. The van der Waals surface area contributed by atoms with Crippen molar-refractivity contribution in [3.63, 3.8) is 0 Å². The third kappa shape index (κ3) is 6.00. The van der Waals surface area contributed by atoms with Gasteiger partial charge in [0.05, 0.1) is 0 Å². The van der Waals surface area contributed by atoms with Gasteiger partial charge in [-0.15, -0.1) is 0 Å². The molecule has 158 valence electrons. The molecule has 1 aliphatic rings. The molecule has 0 unspecified atom stereocenters. The van der Waals surface area contributed by atoms with Crippen LogP contribution in [0.25, 0.3) is 11.4 Å². The van der Waals surface area contributed by atoms with Gasteiger partial charge in [-0.1, -0.05) is 50.6 Å². The lowest BCUT2D eigenvalue weighted by atomic mass is 9.92. The summed E-state index contributed by atoms with van der Waals surface area (Å²) in [7, 11) is 0. The second-order valence-corrected chi connectivity index (χ2v) is 9.54. The fourth-order valence-corrected chi connectivity index (χ4v) is 3.75. The summed E-state index contributed by atoms with van der Waals surface area (Å²) in [6.45, 7) is 14.1. The van der Waals surface area contributed by atoms with E-state index in [0.29, 0.717) is 23.2 Å². The summed E-state index contributed by atoms with van der Waals surface area (Å²) in [6.07, 6.45) is 1.62. The number of aryl methyl sites for hydroxylation is 1. The Morgan fingerprint density at radius 2 is 1.76 bits per heavy atom. The maximum absolute atomic E-state index is 12.8. The van der Waals surface area contributed by atoms with E-state index in [9.17, 15) is 4.79 Å². The van der Waals surface area contributed by atoms with E-state index in [1.54, 1.807) is 0 Å². The van der Waals surface area contributed by atoms with E-state index in [-0.39, 0.29) is 5.91 Å². The van der Waals surface area contributed by atoms with E-state index in [4.69, 9.17) is 12.2 Å². The van der Waals surface area contributed by atoms with Gasteiger partial charge in [0.15, 0.2) is 10.6 Å². The minimum Gasteiger partial charge on any atom is -0.340 e. The first-order valence-electron chi connectivity index (χ1n) is 10.5. The molecule has 1 fully saturated rings. The molecule has 1 aromatic heterocycles. The van der Waals surface area contributed by atoms with E-state index < -0.39 is 0 Å². The van der Waals surface area contributed by atoms with Crippen molar-refractivity contribution < 1.29 is 4.79 Å². The van der Waals surface area contributed by atoms with E-state index in [1.807, 2.05) is 21.6 Å². The number of rotatable bonds is 6. The Hall–Kier alpha value is -1.99. The summed E-state index contributed by atoms with van der Waals surface area (Å²) in [5.74, 6) is 0.980. The number of amides is 1. The average Bonchev–Trinajstić information content (AvgIpc) is 3.05. The highest BCUT2D eigenvalue weighted by Crippen LogP contribution is 2.20. The fraction of sp³-hybridized carbons (Fsp3) is 0.591. The van der Waals surface area contributed by atoms with Gasteiger partial charge in [0.2, 0.25) is 5.91 Å². The largest absolute Gasteiger partial charge is 0.340 e. The van der Waals surface area contributed by atoms with Gasteiger partial charge in [-0.3, -0.25) is 19.4 Å². The lowest BCUT2D eigenvalue weighted by molar-refractivity contribution is -0.133. The van der Waals surface area contributed by atoms with Crippen molar-refractivity contribution in [1.82, 2.24) is 24.6 Å². The lowest BCUT2D eigenvalue weighted by Gasteiger charge is -2.36. The van der Waals surface area contributed by atoms with Crippen molar-refractivity contribution >= 4 is 18.1 Å². The Bertz CT molecular complexity index is 870. The zero-order valence-corrected chi connectivity index (χ0v) is 18.9. The summed E-state index contributed by atoms with van der Waals surface area (Å²) in [6, 6.07) is 8.19. The van der Waals surface area contributed by atoms with E-state index in [2.05, 4.69) is 54.9 Å². The smallest absolute Gasteiger partial charge is 0.224 e. The molecule has 1 saturated heterocycles. The Kier molecular flexibility index (Phi) is 6.90. The Morgan fingerprint density at radius 1 is 1.10 bits per heavy atom. The van der Waals surface area contributed by atoms with Crippen LogP contribution in [0.3, 0.4) is 0 Å². The molecule has 1 aliphatic heterocycles. The number of hydrogen-bond donors (Lipinski definition) is 1. The van der Waals surface area contributed by atoms with Crippen molar-refractivity contribution in [1.29, 1.82) is 0 Å². The van der Waals surface area contributed by atoms with E-state index >= 15 is 0 Å². The number of carbonyl (C=O) groups is 1. The molecular weight excluding hydrogens is 382 g/mol. The first-order valence-corrected chi connectivity index (χ1v) is 10.9. The molecule has 0 bridgehead atoms. The predicted octanol–water partition coefficient (Wildman–Crippen LogP) is 3.89. The normalized spacial score (nSPS) is 15.7. The van der Waals surface area contributed by atoms with Crippen LogP contribution in [0, 0.1) is 17.1 Å². The molecule has 2 heterocycles. The Morgan fingerprint density at radius 3 is 2.38 bits per heavy atom. The second kappa shape index (κ2) is 9.22. The Labute approximate surface area is 178 Å². The van der Waals surface area contributed by atoms with Gasteiger partial charge in [-0.2, -0.15) is 5.10 Å². The third-order valence-corrected chi connectivity index (χ3v) is 5.83. The van der Waals surface area contributed by atoms with Crippen molar-refractivity contribution in [3.05, 3.63) is 34.6 Å². The zero-order valence-electron chi connectivity index (χ0n) is 18.1. The number of aromatic nitrogens is 3. The quantitative estimate of drug-likeness (QED) is 0.728. The monoisotopic (exact) mass is 415 g/mol. The van der Waals surface area contributed by atoms with Crippen LogP contribution in [0.15, 0.2) is 24.3 Å². The molecule has 0 spiro atoms. The number of piperazine rings is 1. The number of hydrogen-bond acceptors (Lipinski definition) is 4. The minimum atomic E-state index is 0.193. The third-order valence-electron chi connectivity index (χ3n) is 5.52. The van der Waals surface area contributed by atoms with Gasteiger partial charge in [-0.05, 0) is 37.5 Å². The summed E-state index contributed by atoms with van der Waals surface area (Å²) >= 11 is 5.39. The minimum absolute atomic E-state index is 0.193. The van der Waals surface area contributed by atoms with Crippen LogP contribution in [0.2, 0.25) is 0 Å². The first-order chi connectivity index (χ1) is 13.7. The molecular formula is C22H33N5OS. The van der Waals surface area contributed by atoms with Gasteiger partial charge in [-0.25, -0.2) is 0 Å². The molecule has 3 rings (SSSR count). The number of H-pyrrole nitrogens is 1. The van der Waals surface area contributed by atoms with Crippen molar-refractivity contribution in [2.45, 2.75) is 47.1 Å². The number of nitrogens with zero attached hydrogens (tertiary/aromatic N) is 4. The van der Waals surface area contributed by atoms with Crippen LogP contribution in [0.4, 0.5) is 0 Å². The maximum Gasteiger partial charge on any atom is 0.224 e. The van der Waals surface area contributed by atoms with Crippen molar-refractivity contribution in [2.75, 3.05) is 32.7 Å². The number of carbonyl (C=O) groups excluding carboxylic acids is 1. The molecule has 1 N–H and O–H groups in total. The fourth-order valence-electron chi connectivity index (χ4n) is 3.53. The number of aromatic amines is 1. The van der Waals surface area contributed by atoms with E-state index in [0.717, 1.165) is 44.1 Å². The number of nitrogens with one attached hydrogen (secondary N) is 1. The number of benzene rings is 1. The zero-order chi connectivity index (χ0) is 21.0. The summed E-state index contributed by atoms with van der Waals surface area (Å²) in [4.78, 5) is 17.2. The topological polar surface area (TPSA) is 57.2 Å². The van der Waals surface area contributed by atoms with Crippen LogP contribution in [-0.4, -0.2) is 63.2 Å². The lowest BCUT2D eigenvalue weighted by Crippen LogP contribution is -2.49. The molecule has 1 amide bonds. The van der Waals surface area contributed by atoms with Crippen LogP contribution in [-0.2, 0) is 11.3 Å². The standard InChI is InChI=1S/C22H33N5OS/c1-17-5-7-18(8-6-17)20-23-24-21(29)27(20)11-9-19(28)26-15-13-25(14-16-26)12-10-22(2,3)4/h5-8H,9-16H2,1-4H3,(H,24,29). The van der Waals surface area contributed by atoms with Gasteiger partial charge in [0.25, 0.3) is 0 Å². The first kappa shape index (κ1) is 21.7. The van der Waals surface area contributed by atoms with Crippen molar-refractivity contribution in [3.8, 4) is 11.4 Å². The summed E-state index contributed by atoms with van der Waals surface area (Å²) in [5, 5.41) is 7.24. The maximum atomic E-state index is 12.8. The highest BCUT2D eigenvalue weighted by atomic mass is 32.1. The molecule has 2 aromatic rings. The average molecular weight is 416 g/mol. The molecule has 29 heavy (non-hydrogen) atoms. The van der Waals surface area contributed by atoms with Crippen LogP contribution in [0.5, 0.6) is 0 Å².